The van der Waals surface area contributed by atoms with Crippen LogP contribution in [0.4, 0.5) is 11.5 Å². The number of hydrogen-bond donors (Lipinski definition) is 1. The summed E-state index contributed by atoms with van der Waals surface area (Å²) in [5.74, 6) is 1.33. The van der Waals surface area contributed by atoms with Gasteiger partial charge in [-0.15, -0.1) is 24.8 Å². The van der Waals surface area contributed by atoms with Gasteiger partial charge in [-0.05, 0) is 48.4 Å². The molecule has 27 heavy (non-hydrogen) atoms. The first-order chi connectivity index (χ1) is 12.0. The molecule has 0 unspecified atom stereocenters. The molecule has 7 heteroatoms. The molecule has 1 saturated heterocycles. The Kier molecular flexibility index (Phi) is 9.85. The van der Waals surface area contributed by atoms with E-state index in [0.717, 1.165) is 49.3 Å². The highest BCUT2D eigenvalue weighted by Crippen LogP contribution is 2.26. The number of nitrogens with one attached hydrogen (secondary N) is 1. The molecule has 0 atom stereocenters. The summed E-state index contributed by atoms with van der Waals surface area (Å²) in [7, 11) is 2.19. The van der Waals surface area contributed by atoms with Gasteiger partial charge in [0.2, 0.25) is 0 Å². The fraction of sp³-hybridized carbons (Fsp3) is 0.450. The Balaban J connectivity index is 0.00000182. The SMILES string of the molecule is CC(C)c1cc(Nc2cccc(Cl)c2)ncc1CN1CCN(C)CC1.Cl.Cl. The quantitative estimate of drug-likeness (QED) is 0.705. The maximum Gasteiger partial charge on any atom is 0.130 e. The highest BCUT2D eigenvalue weighted by atomic mass is 35.5. The molecule has 0 saturated carbocycles. The molecule has 1 aromatic carbocycles. The number of benzene rings is 1. The van der Waals surface area contributed by atoms with Crippen molar-refractivity contribution in [3.63, 3.8) is 0 Å². The summed E-state index contributed by atoms with van der Waals surface area (Å²) in [6, 6.07) is 9.91. The molecule has 1 aliphatic heterocycles. The summed E-state index contributed by atoms with van der Waals surface area (Å²) in [5, 5.41) is 4.08. The van der Waals surface area contributed by atoms with Crippen LogP contribution in [0.1, 0.15) is 30.9 Å². The van der Waals surface area contributed by atoms with E-state index in [2.05, 4.69) is 47.1 Å². The molecule has 1 fully saturated rings. The molecule has 0 radical (unpaired) electrons. The molecule has 0 bridgehead atoms. The predicted octanol–water partition coefficient (Wildman–Crippen LogP) is 5.19. The van der Waals surface area contributed by atoms with Crippen LogP contribution in [0.25, 0.3) is 0 Å². The molecule has 0 spiro atoms. The van der Waals surface area contributed by atoms with Crippen molar-refractivity contribution >= 4 is 47.9 Å². The first-order valence-electron chi connectivity index (χ1n) is 8.93. The summed E-state index contributed by atoms with van der Waals surface area (Å²) in [6.07, 6.45) is 2.03. The third kappa shape index (κ3) is 6.81. The number of anilines is 2. The number of likely N-dealkylation sites (N-methyl/N-ethyl adjacent to an activating group) is 1. The molecule has 150 valence electrons. The minimum absolute atomic E-state index is 0. The van der Waals surface area contributed by atoms with Gasteiger partial charge in [0.05, 0.1) is 0 Å². The predicted molar refractivity (Wildman–Crippen MR) is 120 cm³/mol. The molecule has 4 nitrogen and oxygen atoms in total. The van der Waals surface area contributed by atoms with E-state index in [1.54, 1.807) is 0 Å². The zero-order valence-corrected chi connectivity index (χ0v) is 18.5. The molecule has 3 rings (SSSR count). The first-order valence-corrected chi connectivity index (χ1v) is 9.31. The molecular formula is C20H29Cl3N4. The minimum atomic E-state index is 0. The molecule has 0 aliphatic carbocycles. The van der Waals surface area contributed by atoms with E-state index >= 15 is 0 Å². The Hall–Kier alpha value is -1.04. The average molecular weight is 432 g/mol. The first kappa shape index (κ1) is 24.0. The summed E-state index contributed by atoms with van der Waals surface area (Å²) < 4.78 is 0. The Morgan fingerprint density at radius 3 is 2.44 bits per heavy atom. The van der Waals surface area contributed by atoms with Crippen LogP contribution in [-0.4, -0.2) is 48.0 Å². The number of nitrogens with zero attached hydrogens (tertiary/aromatic N) is 3. The number of aromatic nitrogens is 1. The molecule has 2 aromatic rings. The molecule has 1 aromatic heterocycles. The second-order valence-corrected chi connectivity index (χ2v) is 7.57. The Morgan fingerprint density at radius 1 is 1.11 bits per heavy atom. The van der Waals surface area contributed by atoms with Crippen molar-refractivity contribution < 1.29 is 0 Å². The van der Waals surface area contributed by atoms with Crippen molar-refractivity contribution in [3.05, 3.63) is 52.7 Å². The zero-order valence-electron chi connectivity index (χ0n) is 16.1. The summed E-state index contributed by atoms with van der Waals surface area (Å²) in [6.45, 7) is 9.98. The van der Waals surface area contributed by atoms with Crippen molar-refractivity contribution in [2.24, 2.45) is 0 Å². The normalized spacial score (nSPS) is 15.1. The maximum absolute atomic E-state index is 6.07. The molecule has 0 amide bonds. The topological polar surface area (TPSA) is 31.4 Å². The number of hydrogen-bond acceptors (Lipinski definition) is 4. The minimum Gasteiger partial charge on any atom is -0.340 e. The summed E-state index contributed by atoms with van der Waals surface area (Å²) in [4.78, 5) is 9.54. The Labute approximate surface area is 180 Å². The summed E-state index contributed by atoms with van der Waals surface area (Å²) in [5.41, 5.74) is 3.65. The fourth-order valence-electron chi connectivity index (χ4n) is 3.20. The second-order valence-electron chi connectivity index (χ2n) is 7.14. The van der Waals surface area contributed by atoms with Gasteiger partial charge in [0.15, 0.2) is 0 Å². The van der Waals surface area contributed by atoms with E-state index in [1.165, 1.54) is 11.1 Å². The van der Waals surface area contributed by atoms with Crippen molar-refractivity contribution in [1.29, 1.82) is 0 Å². The smallest absolute Gasteiger partial charge is 0.130 e. The van der Waals surface area contributed by atoms with E-state index in [-0.39, 0.29) is 24.8 Å². The number of rotatable bonds is 5. The highest BCUT2D eigenvalue weighted by Gasteiger charge is 2.17. The van der Waals surface area contributed by atoms with Crippen molar-refractivity contribution in [2.45, 2.75) is 26.3 Å². The lowest BCUT2D eigenvalue weighted by molar-refractivity contribution is 0.147. The monoisotopic (exact) mass is 430 g/mol. The van der Waals surface area contributed by atoms with Crippen LogP contribution < -0.4 is 5.32 Å². The average Bonchev–Trinajstić information content (AvgIpc) is 2.58. The molecule has 1 aliphatic rings. The van der Waals surface area contributed by atoms with Crippen LogP contribution in [0.5, 0.6) is 0 Å². The lowest BCUT2D eigenvalue weighted by atomic mass is 9.98. The van der Waals surface area contributed by atoms with Gasteiger partial charge >= 0.3 is 0 Å². The van der Waals surface area contributed by atoms with Crippen LogP contribution in [0, 0.1) is 0 Å². The van der Waals surface area contributed by atoms with Crippen molar-refractivity contribution in [1.82, 2.24) is 14.8 Å². The van der Waals surface area contributed by atoms with Gasteiger partial charge in [-0.3, -0.25) is 4.90 Å². The van der Waals surface area contributed by atoms with Gasteiger partial charge in [0, 0.05) is 49.6 Å². The third-order valence-corrected chi connectivity index (χ3v) is 4.97. The number of pyridine rings is 1. The lowest BCUT2D eigenvalue weighted by Gasteiger charge is -2.33. The van der Waals surface area contributed by atoms with Gasteiger partial charge in [-0.1, -0.05) is 31.5 Å². The van der Waals surface area contributed by atoms with E-state index in [1.807, 2.05) is 30.5 Å². The number of halogens is 3. The maximum atomic E-state index is 6.07. The van der Waals surface area contributed by atoms with Gasteiger partial charge in [-0.2, -0.15) is 0 Å². The second kappa shape index (κ2) is 11.1. The Morgan fingerprint density at radius 2 is 1.81 bits per heavy atom. The van der Waals surface area contributed by atoms with Crippen molar-refractivity contribution in [2.75, 3.05) is 38.5 Å². The lowest BCUT2D eigenvalue weighted by Crippen LogP contribution is -2.44. The standard InChI is InChI=1S/C20H27ClN4.2ClH/c1-15(2)19-12-20(23-18-6-4-5-17(21)11-18)22-13-16(19)14-25-9-7-24(3)8-10-25;;/h4-6,11-13,15H,7-10,14H2,1-3H3,(H,22,23);2*1H. The fourth-order valence-corrected chi connectivity index (χ4v) is 3.39. The van der Waals surface area contributed by atoms with Gasteiger partial charge < -0.3 is 10.2 Å². The number of piperazine rings is 1. The third-order valence-electron chi connectivity index (χ3n) is 4.73. The van der Waals surface area contributed by atoms with E-state index < -0.39 is 0 Å². The van der Waals surface area contributed by atoms with Gasteiger partial charge in [0.1, 0.15) is 5.82 Å². The van der Waals surface area contributed by atoms with Gasteiger partial charge in [-0.25, -0.2) is 4.98 Å². The van der Waals surface area contributed by atoms with Crippen LogP contribution in [0.15, 0.2) is 36.5 Å². The van der Waals surface area contributed by atoms with Crippen LogP contribution >= 0.6 is 36.4 Å². The molecule has 1 N–H and O–H groups in total. The molecular weight excluding hydrogens is 403 g/mol. The Bertz CT molecular complexity index is 716. The van der Waals surface area contributed by atoms with E-state index in [4.69, 9.17) is 11.6 Å². The van der Waals surface area contributed by atoms with Crippen LogP contribution in [-0.2, 0) is 6.54 Å². The van der Waals surface area contributed by atoms with Crippen molar-refractivity contribution in [3.8, 4) is 0 Å². The highest BCUT2D eigenvalue weighted by molar-refractivity contribution is 6.30. The van der Waals surface area contributed by atoms with Crippen LogP contribution in [0.2, 0.25) is 5.02 Å². The summed E-state index contributed by atoms with van der Waals surface area (Å²) >= 11 is 6.07. The molecule has 2 heterocycles. The zero-order chi connectivity index (χ0) is 17.8. The van der Waals surface area contributed by atoms with E-state index in [0.29, 0.717) is 5.92 Å². The van der Waals surface area contributed by atoms with Crippen LogP contribution in [0.3, 0.4) is 0 Å². The van der Waals surface area contributed by atoms with E-state index in [9.17, 15) is 0 Å². The van der Waals surface area contributed by atoms with Gasteiger partial charge in [0.25, 0.3) is 0 Å². The largest absolute Gasteiger partial charge is 0.340 e.